The highest BCUT2D eigenvalue weighted by Gasteiger charge is 1.93. The molecule has 0 saturated heterocycles. The fourth-order valence-electron chi connectivity index (χ4n) is 0.913. The molecule has 0 spiro atoms. The second-order valence-electron chi connectivity index (χ2n) is 3.32. The second-order valence-corrected chi connectivity index (χ2v) is 3.32. The molecule has 0 aliphatic rings. The molecule has 2 atom stereocenters. The van der Waals surface area contributed by atoms with E-state index >= 15 is 0 Å². The summed E-state index contributed by atoms with van der Waals surface area (Å²) in [7, 11) is 0. The Bertz CT molecular complexity index is 134. The van der Waals surface area contributed by atoms with E-state index in [1.807, 2.05) is 0 Å². The third-order valence-electron chi connectivity index (χ3n) is 1.52. The molecular formula is C11H19. The first-order valence-electron chi connectivity index (χ1n) is 4.48. The maximum absolute atomic E-state index is 3.88. The van der Waals surface area contributed by atoms with Crippen LogP contribution in [-0.4, -0.2) is 0 Å². The summed E-state index contributed by atoms with van der Waals surface area (Å²) in [4.78, 5) is 0. The number of rotatable bonds is 3. The molecule has 63 valence electrons. The van der Waals surface area contributed by atoms with Crippen LogP contribution in [0.4, 0.5) is 0 Å². The number of hydrogen-bond donors (Lipinski definition) is 0. The highest BCUT2D eigenvalue weighted by Crippen LogP contribution is 2.03. The molecule has 0 saturated carbocycles. The van der Waals surface area contributed by atoms with Crippen molar-refractivity contribution in [2.24, 2.45) is 11.8 Å². The fraction of sp³-hybridized carbons (Fsp3) is 0.727. The van der Waals surface area contributed by atoms with Gasteiger partial charge in [-0.05, 0) is 19.3 Å². The van der Waals surface area contributed by atoms with Gasteiger partial charge in [0.15, 0.2) is 0 Å². The van der Waals surface area contributed by atoms with Gasteiger partial charge in [0.1, 0.15) is 0 Å². The summed E-state index contributed by atoms with van der Waals surface area (Å²) in [5.74, 6) is 7.42. The Kier molecular flexibility index (Phi) is 6.03. The highest BCUT2D eigenvalue weighted by atomic mass is 14.0. The van der Waals surface area contributed by atoms with Crippen LogP contribution in [0.25, 0.3) is 0 Å². The minimum Gasteiger partial charge on any atom is -0.103 e. The molecule has 1 radical (unpaired) electrons. The Morgan fingerprint density at radius 1 is 1.36 bits per heavy atom. The third-order valence-corrected chi connectivity index (χ3v) is 1.52. The van der Waals surface area contributed by atoms with Crippen LogP contribution in [0.3, 0.4) is 0 Å². The van der Waals surface area contributed by atoms with Gasteiger partial charge in [-0.3, -0.25) is 0 Å². The molecule has 0 aliphatic heterocycles. The normalized spacial score (nSPS) is 12.5. The van der Waals surface area contributed by atoms with Gasteiger partial charge in [-0.1, -0.05) is 27.2 Å². The van der Waals surface area contributed by atoms with Crippen molar-refractivity contribution in [2.45, 2.75) is 40.0 Å². The van der Waals surface area contributed by atoms with E-state index in [9.17, 15) is 0 Å². The van der Waals surface area contributed by atoms with Crippen LogP contribution in [0.2, 0.25) is 0 Å². The summed E-state index contributed by atoms with van der Waals surface area (Å²) in [6.45, 7) is 10.4. The van der Waals surface area contributed by atoms with Crippen molar-refractivity contribution in [1.82, 2.24) is 0 Å². The molecule has 0 amide bonds. The van der Waals surface area contributed by atoms with Crippen molar-refractivity contribution < 1.29 is 0 Å². The van der Waals surface area contributed by atoms with Crippen molar-refractivity contribution in [3.63, 3.8) is 0 Å². The molecule has 0 heterocycles. The number of hydrogen-bond acceptors (Lipinski definition) is 0. The van der Waals surface area contributed by atoms with Gasteiger partial charge in [-0.15, -0.1) is 11.8 Å². The van der Waals surface area contributed by atoms with E-state index in [0.717, 1.165) is 6.42 Å². The Hall–Kier alpha value is -0.440. The van der Waals surface area contributed by atoms with Crippen molar-refractivity contribution in [2.75, 3.05) is 0 Å². The predicted octanol–water partition coefficient (Wildman–Crippen LogP) is 3.29. The zero-order valence-corrected chi connectivity index (χ0v) is 7.98. The molecule has 0 aromatic heterocycles. The largest absolute Gasteiger partial charge is 0.103 e. The smallest absolute Gasteiger partial charge is 0.0174 e. The summed E-state index contributed by atoms with van der Waals surface area (Å²) < 4.78 is 0. The average molecular weight is 151 g/mol. The minimum absolute atomic E-state index is 0.469. The third kappa shape index (κ3) is 7.46. The maximum atomic E-state index is 3.88. The monoisotopic (exact) mass is 151 g/mol. The Balaban J connectivity index is 3.51. The van der Waals surface area contributed by atoms with Gasteiger partial charge in [0.2, 0.25) is 0 Å². The zero-order chi connectivity index (χ0) is 8.69. The summed E-state index contributed by atoms with van der Waals surface area (Å²) in [5, 5.41) is 0. The molecule has 0 aromatic carbocycles. The average Bonchev–Trinajstić information content (AvgIpc) is 1.87. The van der Waals surface area contributed by atoms with Crippen molar-refractivity contribution >= 4 is 0 Å². The van der Waals surface area contributed by atoms with E-state index in [1.165, 1.54) is 12.8 Å². The van der Waals surface area contributed by atoms with Crippen LogP contribution in [0.15, 0.2) is 0 Å². The molecule has 2 unspecified atom stereocenters. The van der Waals surface area contributed by atoms with E-state index in [4.69, 9.17) is 0 Å². The van der Waals surface area contributed by atoms with E-state index < -0.39 is 0 Å². The lowest BCUT2D eigenvalue weighted by Crippen LogP contribution is -1.89. The molecular weight excluding hydrogens is 132 g/mol. The first-order chi connectivity index (χ1) is 5.16. The lowest BCUT2D eigenvalue weighted by atomic mass is 10.1. The maximum Gasteiger partial charge on any atom is 0.0174 e. The topological polar surface area (TPSA) is 0 Å². The SMILES string of the molecule is [CH2]C(C)CC#CC(C)CCC. The van der Waals surface area contributed by atoms with Gasteiger partial charge < -0.3 is 0 Å². The van der Waals surface area contributed by atoms with Gasteiger partial charge in [-0.2, -0.15) is 0 Å². The van der Waals surface area contributed by atoms with Crippen LogP contribution in [0.1, 0.15) is 40.0 Å². The first kappa shape index (κ1) is 10.6. The van der Waals surface area contributed by atoms with E-state index in [1.54, 1.807) is 0 Å². The first-order valence-corrected chi connectivity index (χ1v) is 4.48. The van der Waals surface area contributed by atoms with Crippen LogP contribution in [0.5, 0.6) is 0 Å². The van der Waals surface area contributed by atoms with Crippen LogP contribution < -0.4 is 0 Å². The molecule has 0 aromatic rings. The summed E-state index contributed by atoms with van der Waals surface area (Å²) in [6.07, 6.45) is 3.39. The quantitative estimate of drug-likeness (QED) is 0.543. The molecule has 0 nitrogen and oxygen atoms in total. The van der Waals surface area contributed by atoms with Gasteiger partial charge in [0, 0.05) is 12.3 Å². The van der Waals surface area contributed by atoms with E-state index in [2.05, 4.69) is 39.5 Å². The van der Waals surface area contributed by atoms with Gasteiger partial charge in [-0.25, -0.2) is 0 Å². The summed E-state index contributed by atoms with van der Waals surface area (Å²) in [5.41, 5.74) is 0. The van der Waals surface area contributed by atoms with E-state index in [-0.39, 0.29) is 0 Å². The molecule has 11 heavy (non-hydrogen) atoms. The summed E-state index contributed by atoms with van der Waals surface area (Å²) >= 11 is 0. The molecule has 0 heteroatoms. The predicted molar refractivity (Wildman–Crippen MR) is 51.0 cm³/mol. The molecule has 0 N–H and O–H groups in total. The van der Waals surface area contributed by atoms with Crippen LogP contribution >= 0.6 is 0 Å². The van der Waals surface area contributed by atoms with E-state index in [0.29, 0.717) is 11.8 Å². The summed E-state index contributed by atoms with van der Waals surface area (Å²) in [6, 6.07) is 0. The molecule has 0 aliphatic carbocycles. The molecule has 0 bridgehead atoms. The Morgan fingerprint density at radius 2 is 2.00 bits per heavy atom. The highest BCUT2D eigenvalue weighted by molar-refractivity contribution is 5.03. The molecule has 0 rings (SSSR count). The van der Waals surface area contributed by atoms with Gasteiger partial charge in [0.05, 0.1) is 0 Å². The van der Waals surface area contributed by atoms with Crippen molar-refractivity contribution in [3.8, 4) is 11.8 Å². The van der Waals surface area contributed by atoms with Crippen LogP contribution in [-0.2, 0) is 0 Å². The van der Waals surface area contributed by atoms with Gasteiger partial charge in [0.25, 0.3) is 0 Å². The second kappa shape index (κ2) is 6.28. The van der Waals surface area contributed by atoms with Crippen molar-refractivity contribution in [3.05, 3.63) is 6.92 Å². The standard InChI is InChI=1S/C11H19/c1-5-7-11(4)9-6-8-10(2)3/h10-11H,2,5,7-8H2,1,3-4H3. The van der Waals surface area contributed by atoms with Crippen molar-refractivity contribution in [1.29, 1.82) is 0 Å². The fourth-order valence-corrected chi connectivity index (χ4v) is 0.913. The molecule has 0 fully saturated rings. The van der Waals surface area contributed by atoms with Gasteiger partial charge >= 0.3 is 0 Å². The zero-order valence-electron chi connectivity index (χ0n) is 7.98. The Morgan fingerprint density at radius 3 is 2.45 bits per heavy atom. The Labute approximate surface area is 71.4 Å². The lowest BCUT2D eigenvalue weighted by Gasteiger charge is -1.99. The van der Waals surface area contributed by atoms with Crippen LogP contribution in [0, 0.1) is 30.6 Å². The minimum atomic E-state index is 0.469. The lowest BCUT2D eigenvalue weighted by molar-refractivity contribution is 0.651.